The predicted molar refractivity (Wildman–Crippen MR) is 81.4 cm³/mol. The minimum Gasteiger partial charge on any atom is -0.479 e. The smallest absolute Gasteiger partial charge is 0.411 e. The lowest BCUT2D eigenvalue weighted by atomic mass is 10.1. The van der Waals surface area contributed by atoms with E-state index in [1.165, 1.54) is 23.5 Å². The first-order valence-electron chi connectivity index (χ1n) is 7.08. The maximum Gasteiger partial charge on any atom is 0.411 e. The summed E-state index contributed by atoms with van der Waals surface area (Å²) < 4.78 is 10.2. The van der Waals surface area contributed by atoms with E-state index >= 15 is 0 Å². The zero-order chi connectivity index (χ0) is 16.2. The van der Waals surface area contributed by atoms with Gasteiger partial charge in [0.15, 0.2) is 6.04 Å². The third kappa shape index (κ3) is 3.26. The lowest BCUT2D eigenvalue weighted by Crippen LogP contribution is -2.41. The Kier molecular flexibility index (Phi) is 4.14. The molecule has 0 saturated carbocycles. The van der Waals surface area contributed by atoms with Gasteiger partial charge in [0.25, 0.3) is 0 Å². The topological polar surface area (TPSA) is 80.0 Å². The molecule has 2 heterocycles. The molecule has 0 radical (unpaired) electrons. The van der Waals surface area contributed by atoms with E-state index in [2.05, 4.69) is 0 Å². The van der Waals surface area contributed by atoms with Gasteiger partial charge in [-0.1, -0.05) is 30.3 Å². The SMILES string of the molecule is O=C(O)[C@@H]1C=C(c2ccoc2)CN1C(=O)OCc1ccccc1. The van der Waals surface area contributed by atoms with Crippen molar-refractivity contribution >= 4 is 17.6 Å². The first kappa shape index (κ1) is 14.9. The highest BCUT2D eigenvalue weighted by molar-refractivity contribution is 5.89. The van der Waals surface area contributed by atoms with Gasteiger partial charge in [0, 0.05) is 5.56 Å². The zero-order valence-corrected chi connectivity index (χ0v) is 12.2. The summed E-state index contributed by atoms with van der Waals surface area (Å²) in [7, 11) is 0. The summed E-state index contributed by atoms with van der Waals surface area (Å²) in [6.07, 6.45) is 3.90. The van der Waals surface area contributed by atoms with Gasteiger partial charge in [-0.2, -0.15) is 0 Å². The number of carboxylic acid groups (broad SMARTS) is 1. The number of carbonyl (C=O) groups excluding carboxylic acids is 1. The number of furan rings is 1. The minimum absolute atomic E-state index is 0.101. The molecule has 3 rings (SSSR count). The number of amides is 1. The molecule has 1 amide bonds. The molecular formula is C17H15NO5. The van der Waals surface area contributed by atoms with Crippen LogP contribution in [0.4, 0.5) is 4.79 Å². The van der Waals surface area contributed by atoms with Crippen LogP contribution >= 0.6 is 0 Å². The normalized spacial score (nSPS) is 17.0. The Bertz CT molecular complexity index is 721. The largest absolute Gasteiger partial charge is 0.479 e. The summed E-state index contributed by atoms with van der Waals surface area (Å²) in [5.74, 6) is -1.10. The molecule has 0 unspecified atom stereocenters. The van der Waals surface area contributed by atoms with Gasteiger partial charge < -0.3 is 14.3 Å². The average Bonchev–Trinajstić information content (AvgIpc) is 3.22. The van der Waals surface area contributed by atoms with Gasteiger partial charge in [-0.3, -0.25) is 4.90 Å². The summed E-state index contributed by atoms with van der Waals surface area (Å²) in [5.41, 5.74) is 2.33. The van der Waals surface area contributed by atoms with Gasteiger partial charge >= 0.3 is 12.1 Å². The summed E-state index contributed by atoms with van der Waals surface area (Å²) in [4.78, 5) is 24.8. The fourth-order valence-electron chi connectivity index (χ4n) is 2.43. The summed E-state index contributed by atoms with van der Waals surface area (Å²) in [5, 5.41) is 9.32. The number of aliphatic carboxylic acids is 1. The van der Waals surface area contributed by atoms with Gasteiger partial charge in [0.05, 0.1) is 19.1 Å². The molecule has 2 aromatic rings. The molecule has 6 heteroatoms. The van der Waals surface area contributed by atoms with Crippen LogP contribution in [0, 0.1) is 0 Å². The monoisotopic (exact) mass is 313 g/mol. The first-order valence-corrected chi connectivity index (χ1v) is 7.08. The number of nitrogens with zero attached hydrogens (tertiary/aromatic N) is 1. The predicted octanol–water partition coefficient (Wildman–Crippen LogP) is 2.77. The second-order valence-electron chi connectivity index (χ2n) is 5.16. The molecule has 1 aromatic heterocycles. The highest BCUT2D eigenvalue weighted by Gasteiger charge is 2.35. The van der Waals surface area contributed by atoms with Crippen molar-refractivity contribution in [2.24, 2.45) is 0 Å². The number of hydrogen-bond donors (Lipinski definition) is 1. The second kappa shape index (κ2) is 6.39. The van der Waals surface area contributed by atoms with Crippen molar-refractivity contribution in [2.75, 3.05) is 6.54 Å². The second-order valence-corrected chi connectivity index (χ2v) is 5.16. The van der Waals surface area contributed by atoms with E-state index in [0.717, 1.165) is 16.7 Å². The molecule has 1 aromatic carbocycles. The number of carbonyl (C=O) groups is 2. The van der Waals surface area contributed by atoms with Crippen molar-refractivity contribution in [3.63, 3.8) is 0 Å². The molecule has 0 bridgehead atoms. The average molecular weight is 313 g/mol. The Hall–Kier alpha value is -3.02. The number of carboxylic acids is 1. The van der Waals surface area contributed by atoms with Crippen LogP contribution in [0.15, 0.2) is 59.4 Å². The Morgan fingerprint density at radius 3 is 2.70 bits per heavy atom. The van der Waals surface area contributed by atoms with Crippen molar-refractivity contribution in [1.29, 1.82) is 0 Å². The van der Waals surface area contributed by atoms with E-state index in [0.29, 0.717) is 0 Å². The maximum atomic E-state index is 12.2. The van der Waals surface area contributed by atoms with E-state index in [1.807, 2.05) is 30.3 Å². The number of hydrogen-bond acceptors (Lipinski definition) is 4. The van der Waals surface area contributed by atoms with E-state index in [1.54, 1.807) is 6.07 Å². The highest BCUT2D eigenvalue weighted by atomic mass is 16.6. The summed E-state index contributed by atoms with van der Waals surface area (Å²) in [6, 6.07) is 9.91. The number of benzene rings is 1. The van der Waals surface area contributed by atoms with Crippen LogP contribution in [0.1, 0.15) is 11.1 Å². The molecule has 23 heavy (non-hydrogen) atoms. The fraction of sp³-hybridized carbons (Fsp3) is 0.176. The number of rotatable bonds is 4. The molecule has 0 saturated heterocycles. The molecule has 1 atom stereocenters. The molecule has 1 aliphatic heterocycles. The van der Waals surface area contributed by atoms with Crippen LogP contribution in [0.2, 0.25) is 0 Å². The summed E-state index contributed by atoms with van der Waals surface area (Å²) >= 11 is 0. The van der Waals surface area contributed by atoms with Crippen molar-refractivity contribution in [3.8, 4) is 0 Å². The van der Waals surface area contributed by atoms with Gasteiger partial charge in [-0.25, -0.2) is 9.59 Å². The molecule has 1 aliphatic rings. The van der Waals surface area contributed by atoms with Crippen molar-refractivity contribution in [3.05, 3.63) is 66.1 Å². The van der Waals surface area contributed by atoms with Crippen LogP contribution in [-0.2, 0) is 16.1 Å². The third-order valence-electron chi connectivity index (χ3n) is 3.62. The lowest BCUT2D eigenvalue weighted by molar-refractivity contribution is -0.140. The van der Waals surface area contributed by atoms with Gasteiger partial charge in [0.2, 0.25) is 0 Å². The molecule has 6 nitrogen and oxygen atoms in total. The van der Waals surface area contributed by atoms with Gasteiger partial charge in [-0.15, -0.1) is 0 Å². The van der Waals surface area contributed by atoms with Crippen LogP contribution in [-0.4, -0.2) is 34.7 Å². The Morgan fingerprint density at radius 2 is 2.04 bits per heavy atom. The van der Waals surface area contributed by atoms with Gasteiger partial charge in [-0.05, 0) is 23.3 Å². The van der Waals surface area contributed by atoms with Crippen molar-refractivity contribution < 1.29 is 23.8 Å². The van der Waals surface area contributed by atoms with Crippen LogP contribution in [0.3, 0.4) is 0 Å². The molecule has 118 valence electrons. The molecule has 0 aliphatic carbocycles. The van der Waals surface area contributed by atoms with E-state index in [4.69, 9.17) is 9.15 Å². The Morgan fingerprint density at radius 1 is 1.26 bits per heavy atom. The van der Waals surface area contributed by atoms with E-state index in [9.17, 15) is 14.7 Å². The third-order valence-corrected chi connectivity index (χ3v) is 3.62. The number of ether oxygens (including phenoxy) is 1. The molecule has 1 N–H and O–H groups in total. The Balaban J connectivity index is 1.69. The quantitative estimate of drug-likeness (QED) is 0.939. The molecule has 0 spiro atoms. The zero-order valence-electron chi connectivity index (χ0n) is 12.2. The van der Waals surface area contributed by atoms with E-state index in [-0.39, 0.29) is 13.2 Å². The molecular weight excluding hydrogens is 298 g/mol. The molecule has 0 fully saturated rings. The van der Waals surface area contributed by atoms with Crippen LogP contribution < -0.4 is 0 Å². The minimum atomic E-state index is -1.10. The van der Waals surface area contributed by atoms with Crippen molar-refractivity contribution in [2.45, 2.75) is 12.6 Å². The van der Waals surface area contributed by atoms with Crippen LogP contribution in [0.25, 0.3) is 5.57 Å². The van der Waals surface area contributed by atoms with Crippen molar-refractivity contribution in [1.82, 2.24) is 4.90 Å². The van der Waals surface area contributed by atoms with Gasteiger partial charge in [0.1, 0.15) is 6.61 Å². The highest BCUT2D eigenvalue weighted by Crippen LogP contribution is 2.26. The fourth-order valence-corrected chi connectivity index (χ4v) is 2.43. The standard InChI is InChI=1S/C17H15NO5/c19-16(20)15-8-14(13-6-7-22-11-13)9-18(15)17(21)23-10-12-4-2-1-3-5-12/h1-8,11,15H,9-10H2,(H,19,20)/t15-/m0/s1. The Labute approximate surface area is 132 Å². The first-order chi connectivity index (χ1) is 11.1. The maximum absolute atomic E-state index is 12.2. The van der Waals surface area contributed by atoms with E-state index < -0.39 is 18.1 Å². The summed E-state index contributed by atoms with van der Waals surface area (Å²) in [6.45, 7) is 0.272. The lowest BCUT2D eigenvalue weighted by Gasteiger charge is -2.21. The van der Waals surface area contributed by atoms with Crippen LogP contribution in [0.5, 0.6) is 0 Å².